The molecule has 1 saturated heterocycles. The molecule has 0 aliphatic carbocycles. The molecule has 0 bridgehead atoms. The van der Waals surface area contributed by atoms with Gasteiger partial charge in [-0.05, 0) is 60.2 Å². The number of nitrogens with one attached hydrogen (secondary N) is 2. The summed E-state index contributed by atoms with van der Waals surface area (Å²) in [5.41, 5.74) is 14.8. The Bertz CT molecular complexity index is 1450. The van der Waals surface area contributed by atoms with Crippen LogP contribution in [0.3, 0.4) is 0 Å². The van der Waals surface area contributed by atoms with Gasteiger partial charge in [0, 0.05) is 37.6 Å². The van der Waals surface area contributed by atoms with Crippen LogP contribution in [0, 0.1) is 0 Å². The number of nitrogens with zero attached hydrogens (tertiary/aromatic N) is 2. The molecule has 3 atom stereocenters. The number of carbonyl (C=O) groups excluding carboxylic acids is 1. The van der Waals surface area contributed by atoms with Crippen LogP contribution in [-0.4, -0.2) is 61.6 Å². The van der Waals surface area contributed by atoms with E-state index in [9.17, 15) is 4.79 Å². The van der Waals surface area contributed by atoms with E-state index in [-0.39, 0.29) is 35.9 Å². The molecule has 7 nitrogen and oxygen atoms in total. The van der Waals surface area contributed by atoms with E-state index in [0.717, 1.165) is 19.3 Å². The van der Waals surface area contributed by atoms with Crippen molar-refractivity contribution in [1.29, 1.82) is 0 Å². The van der Waals surface area contributed by atoms with E-state index in [1.807, 2.05) is 19.2 Å². The zero-order chi connectivity index (χ0) is 30.0. The molecule has 0 spiro atoms. The van der Waals surface area contributed by atoms with Crippen molar-refractivity contribution in [2.24, 2.45) is 16.5 Å². The van der Waals surface area contributed by atoms with Gasteiger partial charge in [-0.1, -0.05) is 103 Å². The number of guanidine groups is 1. The lowest BCUT2D eigenvalue weighted by Gasteiger charge is -2.30. The minimum Gasteiger partial charge on any atom is -0.370 e. The molecule has 4 aromatic carbocycles. The Kier molecular flexibility index (Phi) is 10.4. The zero-order valence-electron chi connectivity index (χ0n) is 25.0. The fourth-order valence-corrected chi connectivity index (χ4v) is 6.31. The number of rotatable bonds is 12. The first kappa shape index (κ1) is 30.3. The predicted octanol–water partition coefficient (Wildman–Crippen LogP) is 4.42. The molecule has 7 heteroatoms. The van der Waals surface area contributed by atoms with Gasteiger partial charge >= 0.3 is 0 Å². The summed E-state index contributed by atoms with van der Waals surface area (Å²) >= 11 is 0. The second-order valence-electron chi connectivity index (χ2n) is 11.5. The minimum atomic E-state index is -0.318. The maximum absolute atomic E-state index is 14.2. The monoisotopic (exact) mass is 576 g/mol. The lowest BCUT2D eigenvalue weighted by atomic mass is 9.90. The van der Waals surface area contributed by atoms with Gasteiger partial charge in [0.1, 0.15) is 0 Å². The molecule has 1 fully saturated rings. The van der Waals surface area contributed by atoms with Gasteiger partial charge in [-0.15, -0.1) is 0 Å². The third-order valence-electron chi connectivity index (χ3n) is 8.61. The number of benzene rings is 4. The summed E-state index contributed by atoms with van der Waals surface area (Å²) in [5.74, 6) is 0.311. The topological polar surface area (TPSA) is 109 Å². The highest BCUT2D eigenvalue weighted by molar-refractivity contribution is 5.83. The molecule has 1 aliphatic heterocycles. The van der Waals surface area contributed by atoms with Gasteiger partial charge < -0.3 is 27.0 Å². The molecule has 1 amide bonds. The molecule has 1 heterocycles. The van der Waals surface area contributed by atoms with Crippen LogP contribution in [0.25, 0.3) is 10.8 Å². The van der Waals surface area contributed by atoms with Crippen molar-refractivity contribution < 1.29 is 4.79 Å². The van der Waals surface area contributed by atoms with Crippen LogP contribution >= 0.6 is 0 Å². The Balaban J connectivity index is 1.38. The maximum atomic E-state index is 14.2. The third kappa shape index (κ3) is 8.00. The Morgan fingerprint density at radius 1 is 0.930 bits per heavy atom. The number of carbonyl (C=O) groups is 1. The molecule has 1 aliphatic rings. The molecule has 6 N–H and O–H groups in total. The van der Waals surface area contributed by atoms with E-state index in [2.05, 4.69) is 112 Å². The first-order valence-electron chi connectivity index (χ1n) is 15.4. The van der Waals surface area contributed by atoms with Crippen LogP contribution in [0.5, 0.6) is 0 Å². The van der Waals surface area contributed by atoms with Crippen LogP contribution in [0.2, 0.25) is 0 Å². The summed E-state index contributed by atoms with van der Waals surface area (Å²) in [6.45, 7) is 1.81. The Morgan fingerprint density at radius 3 is 2.23 bits per heavy atom. The van der Waals surface area contributed by atoms with Crippen LogP contribution < -0.4 is 22.1 Å². The molecule has 4 aromatic rings. The summed E-state index contributed by atoms with van der Waals surface area (Å²) in [7, 11) is 2.02. The first-order chi connectivity index (χ1) is 21.0. The molecule has 0 saturated carbocycles. The van der Waals surface area contributed by atoms with Crippen molar-refractivity contribution >= 4 is 22.6 Å². The normalized spacial score (nSPS) is 18.0. The summed E-state index contributed by atoms with van der Waals surface area (Å²) < 4.78 is 0. The van der Waals surface area contributed by atoms with Crippen LogP contribution in [0.1, 0.15) is 41.9 Å². The van der Waals surface area contributed by atoms with Gasteiger partial charge in [0.05, 0.1) is 6.04 Å². The summed E-state index contributed by atoms with van der Waals surface area (Å²) in [4.78, 5) is 20.4. The van der Waals surface area contributed by atoms with Crippen LogP contribution in [0.4, 0.5) is 0 Å². The molecular formula is C36H44N6O. The fraction of sp³-hybridized carbons (Fsp3) is 0.333. The van der Waals surface area contributed by atoms with Gasteiger partial charge in [-0.2, -0.15) is 0 Å². The average molecular weight is 577 g/mol. The highest BCUT2D eigenvalue weighted by Crippen LogP contribution is 2.28. The molecular weight excluding hydrogens is 532 g/mol. The lowest BCUT2D eigenvalue weighted by Crippen LogP contribution is -2.53. The molecule has 224 valence electrons. The Hall–Kier alpha value is -4.20. The molecule has 5 rings (SSSR count). The van der Waals surface area contributed by atoms with Crippen molar-refractivity contribution in [3.05, 3.63) is 120 Å². The standard InChI is InChI=1S/C36H44N6O/c1-39-34(24-26-18-19-27-11-8-9-16-30(27)23-26)32-20-22-42(35(43)33(41-32)17-10-21-40-36(37)38)25-31(28-12-4-2-5-13-28)29-14-6-3-7-15-29/h2-9,11-16,18-19,23,31-34,39,41H,10,17,20-22,24-25H2,1H3,(H4,37,38,40)/t32-,33-,34-/m0/s1. The number of hydrogen-bond donors (Lipinski definition) is 4. The summed E-state index contributed by atoms with van der Waals surface area (Å²) in [6.07, 6.45) is 3.10. The highest BCUT2D eigenvalue weighted by atomic mass is 16.2. The van der Waals surface area contributed by atoms with Crippen molar-refractivity contribution in [3.8, 4) is 0 Å². The van der Waals surface area contributed by atoms with Crippen molar-refractivity contribution in [2.75, 3.05) is 26.7 Å². The van der Waals surface area contributed by atoms with E-state index in [1.165, 1.54) is 27.5 Å². The second-order valence-corrected chi connectivity index (χ2v) is 11.5. The SMILES string of the molecule is CN[C@@H](Cc1ccc2ccccc2c1)[C@@H]1CCN(CC(c2ccccc2)c2ccccc2)C(=O)[C@H](CCCN=C(N)N)N1. The van der Waals surface area contributed by atoms with Crippen molar-refractivity contribution in [3.63, 3.8) is 0 Å². The molecule has 0 unspecified atom stereocenters. The molecule has 0 aromatic heterocycles. The van der Waals surface area contributed by atoms with Crippen LogP contribution in [-0.2, 0) is 11.2 Å². The highest BCUT2D eigenvalue weighted by Gasteiger charge is 2.35. The van der Waals surface area contributed by atoms with E-state index < -0.39 is 0 Å². The van der Waals surface area contributed by atoms with E-state index >= 15 is 0 Å². The fourth-order valence-electron chi connectivity index (χ4n) is 6.31. The van der Waals surface area contributed by atoms with Gasteiger partial charge in [0.2, 0.25) is 5.91 Å². The summed E-state index contributed by atoms with van der Waals surface area (Å²) in [6, 6.07) is 36.1. The van der Waals surface area contributed by atoms with E-state index in [4.69, 9.17) is 11.5 Å². The van der Waals surface area contributed by atoms with Gasteiger partial charge in [-0.3, -0.25) is 9.79 Å². The number of likely N-dealkylation sites (N-methyl/N-ethyl adjacent to an activating group) is 1. The van der Waals surface area contributed by atoms with Crippen LogP contribution in [0.15, 0.2) is 108 Å². The zero-order valence-corrected chi connectivity index (χ0v) is 25.0. The van der Waals surface area contributed by atoms with Crippen molar-refractivity contribution in [1.82, 2.24) is 15.5 Å². The number of amides is 1. The lowest BCUT2D eigenvalue weighted by molar-refractivity contribution is -0.133. The second kappa shape index (κ2) is 14.8. The smallest absolute Gasteiger partial charge is 0.239 e. The van der Waals surface area contributed by atoms with Crippen molar-refractivity contribution in [2.45, 2.75) is 49.7 Å². The van der Waals surface area contributed by atoms with E-state index in [1.54, 1.807) is 0 Å². The Labute approximate surface area is 255 Å². The predicted molar refractivity (Wildman–Crippen MR) is 177 cm³/mol. The molecule has 0 radical (unpaired) electrons. The number of fused-ring (bicyclic) bond motifs is 1. The molecule has 43 heavy (non-hydrogen) atoms. The van der Waals surface area contributed by atoms with Gasteiger partial charge in [-0.25, -0.2) is 0 Å². The number of nitrogens with two attached hydrogens (primary N) is 2. The third-order valence-corrected chi connectivity index (χ3v) is 8.61. The van der Waals surface area contributed by atoms with Gasteiger partial charge in [0.25, 0.3) is 0 Å². The van der Waals surface area contributed by atoms with E-state index in [0.29, 0.717) is 26.1 Å². The summed E-state index contributed by atoms with van der Waals surface area (Å²) in [5, 5.41) is 9.84. The number of aliphatic imine (C=N–C) groups is 1. The number of hydrogen-bond acceptors (Lipinski definition) is 4. The quantitative estimate of drug-likeness (QED) is 0.113. The van der Waals surface area contributed by atoms with Gasteiger partial charge in [0.15, 0.2) is 5.96 Å². The minimum absolute atomic E-state index is 0.0823. The maximum Gasteiger partial charge on any atom is 0.239 e. The average Bonchev–Trinajstić information content (AvgIpc) is 3.19. The first-order valence-corrected chi connectivity index (χ1v) is 15.4. The largest absolute Gasteiger partial charge is 0.370 e. The Morgan fingerprint density at radius 2 is 1.58 bits per heavy atom.